The van der Waals surface area contributed by atoms with Crippen LogP contribution in [-0.4, -0.2) is 16.5 Å². The van der Waals surface area contributed by atoms with Crippen molar-refractivity contribution in [3.8, 4) is 0 Å². The van der Waals surface area contributed by atoms with E-state index in [-0.39, 0.29) is 0 Å². The molecule has 0 aliphatic heterocycles. The fourth-order valence-corrected chi connectivity index (χ4v) is 1.62. The maximum Gasteiger partial charge on any atom is 0.129 e. The highest BCUT2D eigenvalue weighted by Crippen LogP contribution is 2.31. The summed E-state index contributed by atoms with van der Waals surface area (Å²) in [6, 6.07) is 2.00. The third kappa shape index (κ3) is 2.69. The molecule has 1 saturated carbocycles. The third-order valence-electron chi connectivity index (χ3n) is 2.52. The lowest BCUT2D eigenvalue weighted by molar-refractivity contribution is 0.757. The van der Waals surface area contributed by atoms with Gasteiger partial charge in [-0.3, -0.25) is 0 Å². The van der Waals surface area contributed by atoms with Gasteiger partial charge < -0.3 is 5.32 Å². The van der Waals surface area contributed by atoms with Crippen LogP contribution in [0.2, 0.25) is 0 Å². The predicted octanol–water partition coefficient (Wildman–Crippen LogP) is 2.31. The number of aromatic nitrogens is 2. The van der Waals surface area contributed by atoms with Crippen LogP contribution in [0.5, 0.6) is 0 Å². The van der Waals surface area contributed by atoms with Gasteiger partial charge in [0.15, 0.2) is 0 Å². The first-order chi connectivity index (χ1) is 6.74. The standard InChI is InChI=1S/C11H17N3/c1-8-7-11(14-9(2)13-8)12-6-5-10-3-4-10/h7,10H,3-6H2,1-2H3,(H,12,13,14). The molecule has 0 bridgehead atoms. The molecule has 1 aliphatic carbocycles. The molecule has 0 unspecified atom stereocenters. The lowest BCUT2D eigenvalue weighted by atomic mass is 10.3. The Morgan fingerprint density at radius 3 is 2.79 bits per heavy atom. The number of anilines is 1. The zero-order valence-corrected chi connectivity index (χ0v) is 8.88. The van der Waals surface area contributed by atoms with Crippen LogP contribution in [0.3, 0.4) is 0 Å². The van der Waals surface area contributed by atoms with Crippen LogP contribution >= 0.6 is 0 Å². The molecule has 2 rings (SSSR count). The van der Waals surface area contributed by atoms with Crippen LogP contribution in [0.15, 0.2) is 6.07 Å². The molecule has 1 aromatic heterocycles. The molecule has 0 amide bonds. The van der Waals surface area contributed by atoms with Gasteiger partial charge in [-0.1, -0.05) is 12.8 Å². The molecular formula is C11H17N3. The van der Waals surface area contributed by atoms with Crippen LogP contribution in [0.1, 0.15) is 30.8 Å². The summed E-state index contributed by atoms with van der Waals surface area (Å²) in [7, 11) is 0. The van der Waals surface area contributed by atoms with Crippen molar-refractivity contribution in [2.24, 2.45) is 5.92 Å². The van der Waals surface area contributed by atoms with E-state index in [1.165, 1.54) is 19.3 Å². The van der Waals surface area contributed by atoms with E-state index >= 15 is 0 Å². The van der Waals surface area contributed by atoms with Gasteiger partial charge in [0.1, 0.15) is 11.6 Å². The van der Waals surface area contributed by atoms with Gasteiger partial charge in [0, 0.05) is 18.3 Å². The number of aryl methyl sites for hydroxylation is 2. The highest BCUT2D eigenvalue weighted by atomic mass is 15.0. The van der Waals surface area contributed by atoms with Gasteiger partial charge in [-0.25, -0.2) is 9.97 Å². The van der Waals surface area contributed by atoms with Crippen LogP contribution in [-0.2, 0) is 0 Å². The summed E-state index contributed by atoms with van der Waals surface area (Å²) in [6.07, 6.45) is 4.12. The molecule has 1 aromatic rings. The van der Waals surface area contributed by atoms with Crippen LogP contribution in [0.4, 0.5) is 5.82 Å². The lowest BCUT2D eigenvalue weighted by Gasteiger charge is -2.06. The van der Waals surface area contributed by atoms with Crippen LogP contribution in [0.25, 0.3) is 0 Å². The van der Waals surface area contributed by atoms with Crippen molar-refractivity contribution in [3.05, 3.63) is 17.6 Å². The summed E-state index contributed by atoms with van der Waals surface area (Å²) in [4.78, 5) is 8.57. The second kappa shape index (κ2) is 3.95. The van der Waals surface area contributed by atoms with Crippen molar-refractivity contribution in [1.82, 2.24) is 9.97 Å². The first kappa shape index (κ1) is 9.44. The second-order valence-corrected chi connectivity index (χ2v) is 4.10. The summed E-state index contributed by atoms with van der Waals surface area (Å²) in [5.74, 6) is 2.79. The third-order valence-corrected chi connectivity index (χ3v) is 2.52. The number of hydrogen-bond acceptors (Lipinski definition) is 3. The maximum absolute atomic E-state index is 4.33. The summed E-state index contributed by atoms with van der Waals surface area (Å²) in [5, 5.41) is 3.35. The van der Waals surface area contributed by atoms with E-state index < -0.39 is 0 Å². The number of nitrogens with one attached hydrogen (secondary N) is 1. The lowest BCUT2D eigenvalue weighted by Crippen LogP contribution is -2.05. The SMILES string of the molecule is Cc1cc(NCCC2CC2)nc(C)n1. The fraction of sp³-hybridized carbons (Fsp3) is 0.636. The van der Waals surface area contributed by atoms with Crippen molar-refractivity contribution >= 4 is 5.82 Å². The van der Waals surface area contributed by atoms with E-state index in [4.69, 9.17) is 0 Å². The van der Waals surface area contributed by atoms with Gasteiger partial charge >= 0.3 is 0 Å². The topological polar surface area (TPSA) is 37.8 Å². The smallest absolute Gasteiger partial charge is 0.129 e. The Bertz CT molecular complexity index is 298. The quantitative estimate of drug-likeness (QED) is 0.793. The molecule has 0 saturated heterocycles. The average Bonchev–Trinajstić information content (AvgIpc) is 2.86. The Morgan fingerprint density at radius 1 is 1.36 bits per heavy atom. The maximum atomic E-state index is 4.33. The molecule has 1 fully saturated rings. The van der Waals surface area contributed by atoms with E-state index in [1.54, 1.807) is 0 Å². The Balaban J connectivity index is 1.87. The molecule has 14 heavy (non-hydrogen) atoms. The van der Waals surface area contributed by atoms with Crippen molar-refractivity contribution in [2.75, 3.05) is 11.9 Å². The molecule has 0 radical (unpaired) electrons. The van der Waals surface area contributed by atoms with Gasteiger partial charge in [-0.15, -0.1) is 0 Å². The summed E-state index contributed by atoms with van der Waals surface area (Å²) < 4.78 is 0. The van der Waals surface area contributed by atoms with E-state index in [1.807, 2.05) is 19.9 Å². The molecule has 1 N–H and O–H groups in total. The summed E-state index contributed by atoms with van der Waals surface area (Å²) in [5.41, 5.74) is 1.03. The molecule has 0 atom stereocenters. The Kier molecular flexibility index (Phi) is 2.66. The Hall–Kier alpha value is -1.12. The van der Waals surface area contributed by atoms with E-state index in [0.29, 0.717) is 0 Å². The van der Waals surface area contributed by atoms with E-state index in [9.17, 15) is 0 Å². The summed E-state index contributed by atoms with van der Waals surface area (Å²) >= 11 is 0. The number of nitrogens with zero attached hydrogens (tertiary/aromatic N) is 2. The van der Waals surface area contributed by atoms with Crippen molar-refractivity contribution < 1.29 is 0 Å². The van der Waals surface area contributed by atoms with Crippen molar-refractivity contribution in [2.45, 2.75) is 33.1 Å². The first-order valence-corrected chi connectivity index (χ1v) is 5.30. The summed E-state index contributed by atoms with van der Waals surface area (Å²) in [6.45, 7) is 4.97. The average molecular weight is 191 g/mol. The van der Waals surface area contributed by atoms with E-state index in [0.717, 1.165) is 29.8 Å². The minimum absolute atomic E-state index is 0.846. The Labute approximate surface area is 85.0 Å². The zero-order chi connectivity index (χ0) is 9.97. The van der Waals surface area contributed by atoms with E-state index in [2.05, 4.69) is 15.3 Å². The molecule has 3 nitrogen and oxygen atoms in total. The van der Waals surface area contributed by atoms with Gasteiger partial charge in [-0.2, -0.15) is 0 Å². The molecule has 0 aromatic carbocycles. The molecule has 76 valence electrons. The normalized spacial score (nSPS) is 15.6. The van der Waals surface area contributed by atoms with Gasteiger partial charge in [-0.05, 0) is 26.2 Å². The van der Waals surface area contributed by atoms with Crippen molar-refractivity contribution in [1.29, 1.82) is 0 Å². The predicted molar refractivity (Wildman–Crippen MR) is 57.3 cm³/mol. The zero-order valence-electron chi connectivity index (χ0n) is 8.88. The Morgan fingerprint density at radius 2 is 2.14 bits per heavy atom. The first-order valence-electron chi connectivity index (χ1n) is 5.30. The minimum atomic E-state index is 0.846. The molecule has 0 spiro atoms. The molecule has 3 heteroatoms. The van der Waals surface area contributed by atoms with Crippen LogP contribution in [0, 0.1) is 19.8 Å². The van der Waals surface area contributed by atoms with Gasteiger partial charge in [0.2, 0.25) is 0 Å². The van der Waals surface area contributed by atoms with Gasteiger partial charge in [0.25, 0.3) is 0 Å². The molecular weight excluding hydrogens is 174 g/mol. The number of hydrogen-bond donors (Lipinski definition) is 1. The van der Waals surface area contributed by atoms with Crippen LogP contribution < -0.4 is 5.32 Å². The number of rotatable bonds is 4. The minimum Gasteiger partial charge on any atom is -0.370 e. The largest absolute Gasteiger partial charge is 0.370 e. The highest BCUT2D eigenvalue weighted by Gasteiger charge is 2.20. The van der Waals surface area contributed by atoms with Gasteiger partial charge in [0.05, 0.1) is 0 Å². The fourth-order valence-electron chi connectivity index (χ4n) is 1.62. The highest BCUT2D eigenvalue weighted by molar-refractivity contribution is 5.35. The monoisotopic (exact) mass is 191 g/mol. The molecule has 1 heterocycles. The van der Waals surface area contributed by atoms with Crippen molar-refractivity contribution in [3.63, 3.8) is 0 Å². The second-order valence-electron chi connectivity index (χ2n) is 4.10. The molecule has 1 aliphatic rings.